The molecule has 1 saturated carbocycles. The monoisotopic (exact) mass is 344 g/mol. The van der Waals surface area contributed by atoms with Crippen LogP contribution in [0.5, 0.6) is 0 Å². The lowest BCUT2D eigenvalue weighted by molar-refractivity contribution is 0.557. The van der Waals surface area contributed by atoms with Crippen molar-refractivity contribution in [2.75, 3.05) is 18.0 Å². The third kappa shape index (κ3) is 3.52. The fourth-order valence-corrected chi connectivity index (χ4v) is 4.55. The molecule has 1 aromatic heterocycles. The van der Waals surface area contributed by atoms with E-state index in [0.717, 1.165) is 24.5 Å². The highest BCUT2D eigenvalue weighted by molar-refractivity contribution is 7.90. The van der Waals surface area contributed by atoms with E-state index in [1.807, 2.05) is 18.7 Å². The highest BCUT2D eigenvalue weighted by atomic mass is 35.5. The van der Waals surface area contributed by atoms with Gasteiger partial charge >= 0.3 is 0 Å². The molecule has 1 aliphatic heterocycles. The van der Waals surface area contributed by atoms with Gasteiger partial charge in [-0.3, -0.25) is 0 Å². The molecule has 122 valence electrons. The Morgan fingerprint density at radius 2 is 2.05 bits per heavy atom. The van der Waals surface area contributed by atoms with Gasteiger partial charge in [0.2, 0.25) is 10.0 Å². The molecule has 1 saturated heterocycles. The molecule has 0 amide bonds. The Morgan fingerprint density at radius 1 is 1.32 bits per heavy atom. The third-order valence-corrected chi connectivity index (χ3v) is 6.20. The minimum Gasteiger partial charge on any atom is -0.355 e. The topological polar surface area (TPSA) is 75.2 Å². The lowest BCUT2D eigenvalue weighted by Crippen LogP contribution is -2.39. The Morgan fingerprint density at radius 3 is 2.68 bits per heavy atom. The van der Waals surface area contributed by atoms with Crippen LogP contribution in [0.3, 0.4) is 0 Å². The number of sulfonamides is 1. The van der Waals surface area contributed by atoms with E-state index in [0.29, 0.717) is 30.6 Å². The fourth-order valence-electron chi connectivity index (χ4n) is 2.72. The number of hydrogen-bond acceptors (Lipinski definition) is 5. The summed E-state index contributed by atoms with van der Waals surface area (Å²) in [5, 5.41) is 0.0199. The molecule has 1 N–H and O–H groups in total. The summed E-state index contributed by atoms with van der Waals surface area (Å²) in [4.78, 5) is 10.8. The van der Waals surface area contributed by atoms with Gasteiger partial charge in [0, 0.05) is 31.1 Å². The first-order chi connectivity index (χ1) is 10.3. The maximum Gasteiger partial charge on any atom is 0.216 e. The van der Waals surface area contributed by atoms with Gasteiger partial charge < -0.3 is 4.90 Å². The van der Waals surface area contributed by atoms with E-state index in [1.54, 1.807) is 6.07 Å². The van der Waals surface area contributed by atoms with Crippen LogP contribution in [0, 0.1) is 0 Å². The quantitative estimate of drug-likeness (QED) is 0.826. The second-order valence-corrected chi connectivity index (χ2v) is 8.74. The van der Waals surface area contributed by atoms with Gasteiger partial charge in [0.15, 0.2) is 0 Å². The number of rotatable bonds is 5. The van der Waals surface area contributed by atoms with E-state index < -0.39 is 15.3 Å². The molecule has 0 aromatic carbocycles. The minimum absolute atomic E-state index is 0.0889. The van der Waals surface area contributed by atoms with E-state index in [2.05, 4.69) is 14.7 Å². The first-order valence-corrected chi connectivity index (χ1v) is 9.58. The van der Waals surface area contributed by atoms with Crippen LogP contribution < -0.4 is 9.62 Å². The van der Waals surface area contributed by atoms with Crippen molar-refractivity contribution in [1.82, 2.24) is 14.7 Å². The normalized spacial score (nSPS) is 22.5. The fraction of sp³-hybridized carbons (Fsp3) is 0.714. The molecular weight excluding hydrogens is 324 g/mol. The van der Waals surface area contributed by atoms with Crippen LogP contribution in [-0.2, 0) is 10.0 Å². The Labute approximate surface area is 136 Å². The molecule has 2 fully saturated rings. The standard InChI is InChI=1S/C14H21ClN4O2S/c1-9(2)18-22(20,21)11-5-6-19(8-11)13-7-12(15)16-14(17-13)10-3-4-10/h7,9-11,18H,3-6,8H2,1-2H3. The van der Waals surface area contributed by atoms with E-state index in [1.165, 1.54) is 0 Å². The van der Waals surface area contributed by atoms with Crippen LogP contribution in [0.25, 0.3) is 0 Å². The molecular formula is C14H21ClN4O2S. The predicted octanol–water partition coefficient (Wildman–Crippen LogP) is 1.91. The molecule has 6 nitrogen and oxygen atoms in total. The summed E-state index contributed by atoms with van der Waals surface area (Å²) < 4.78 is 27.2. The lowest BCUT2D eigenvalue weighted by atomic mass is 10.4. The summed E-state index contributed by atoms with van der Waals surface area (Å²) in [5.41, 5.74) is 0. The van der Waals surface area contributed by atoms with Crippen LogP contribution in [0.2, 0.25) is 5.15 Å². The lowest BCUT2D eigenvalue weighted by Gasteiger charge is -2.19. The Kier molecular flexibility index (Phi) is 4.31. The highest BCUT2D eigenvalue weighted by Gasteiger charge is 2.35. The smallest absolute Gasteiger partial charge is 0.216 e. The zero-order valence-electron chi connectivity index (χ0n) is 12.8. The summed E-state index contributed by atoms with van der Waals surface area (Å²) in [7, 11) is -3.29. The zero-order valence-corrected chi connectivity index (χ0v) is 14.4. The van der Waals surface area contributed by atoms with Gasteiger partial charge in [-0.1, -0.05) is 11.6 Å². The van der Waals surface area contributed by atoms with Gasteiger partial charge in [-0.15, -0.1) is 0 Å². The zero-order chi connectivity index (χ0) is 15.9. The average molecular weight is 345 g/mol. The molecule has 3 rings (SSSR count). The molecule has 2 aliphatic rings. The van der Waals surface area contributed by atoms with Gasteiger partial charge in [0.05, 0.1) is 5.25 Å². The van der Waals surface area contributed by atoms with Crippen LogP contribution in [-0.4, -0.2) is 42.8 Å². The van der Waals surface area contributed by atoms with Crippen molar-refractivity contribution in [1.29, 1.82) is 0 Å². The Bertz CT molecular complexity index is 661. The van der Waals surface area contributed by atoms with Crippen LogP contribution in [0.15, 0.2) is 6.07 Å². The summed E-state index contributed by atoms with van der Waals surface area (Å²) in [6.07, 6.45) is 2.81. The number of nitrogens with zero attached hydrogens (tertiary/aromatic N) is 3. The summed E-state index contributed by atoms with van der Waals surface area (Å²) in [5.74, 6) is 1.94. The van der Waals surface area contributed by atoms with E-state index in [4.69, 9.17) is 11.6 Å². The van der Waals surface area contributed by atoms with Gasteiger partial charge in [0.25, 0.3) is 0 Å². The first kappa shape index (κ1) is 16.0. The molecule has 1 atom stereocenters. The molecule has 0 spiro atoms. The number of aromatic nitrogens is 2. The number of hydrogen-bond donors (Lipinski definition) is 1. The highest BCUT2D eigenvalue weighted by Crippen LogP contribution is 2.39. The van der Waals surface area contributed by atoms with Crippen molar-refractivity contribution < 1.29 is 8.42 Å². The number of anilines is 1. The van der Waals surface area contributed by atoms with Crippen molar-refractivity contribution in [3.63, 3.8) is 0 Å². The minimum atomic E-state index is -3.29. The van der Waals surface area contributed by atoms with E-state index >= 15 is 0 Å². The number of halogens is 1. The van der Waals surface area contributed by atoms with E-state index in [9.17, 15) is 8.42 Å². The van der Waals surface area contributed by atoms with Crippen LogP contribution in [0.1, 0.15) is 44.9 Å². The van der Waals surface area contributed by atoms with Crippen LogP contribution >= 0.6 is 11.6 Å². The van der Waals surface area contributed by atoms with Crippen molar-refractivity contribution in [2.45, 2.75) is 50.3 Å². The second-order valence-electron chi connectivity index (χ2n) is 6.36. The molecule has 0 radical (unpaired) electrons. The second kappa shape index (κ2) is 5.94. The van der Waals surface area contributed by atoms with Crippen molar-refractivity contribution in [3.05, 3.63) is 17.0 Å². The van der Waals surface area contributed by atoms with Gasteiger partial charge in [-0.25, -0.2) is 23.1 Å². The van der Waals surface area contributed by atoms with Crippen molar-refractivity contribution in [3.8, 4) is 0 Å². The molecule has 8 heteroatoms. The van der Waals surface area contributed by atoms with Crippen molar-refractivity contribution in [2.24, 2.45) is 0 Å². The Balaban J connectivity index is 1.75. The Hall–Kier alpha value is -0.920. The maximum atomic E-state index is 12.3. The average Bonchev–Trinajstić information content (AvgIpc) is 3.13. The summed E-state index contributed by atoms with van der Waals surface area (Å²) in [6.45, 7) is 4.77. The predicted molar refractivity (Wildman–Crippen MR) is 86.8 cm³/mol. The van der Waals surface area contributed by atoms with Crippen molar-refractivity contribution >= 4 is 27.4 Å². The third-order valence-electron chi connectivity index (χ3n) is 3.95. The summed E-state index contributed by atoms with van der Waals surface area (Å²) in [6, 6.07) is 1.63. The van der Waals surface area contributed by atoms with E-state index in [-0.39, 0.29) is 6.04 Å². The molecule has 1 aromatic rings. The largest absolute Gasteiger partial charge is 0.355 e. The molecule has 1 unspecified atom stereocenters. The molecule has 1 aliphatic carbocycles. The van der Waals surface area contributed by atoms with Crippen LogP contribution in [0.4, 0.5) is 5.82 Å². The van der Waals surface area contributed by atoms with Gasteiger partial charge in [-0.2, -0.15) is 0 Å². The summed E-state index contributed by atoms with van der Waals surface area (Å²) >= 11 is 6.09. The molecule has 22 heavy (non-hydrogen) atoms. The maximum absolute atomic E-state index is 12.3. The number of nitrogens with one attached hydrogen (secondary N) is 1. The molecule has 0 bridgehead atoms. The SMILES string of the molecule is CC(C)NS(=O)(=O)C1CCN(c2cc(Cl)nc(C3CC3)n2)C1. The molecule has 2 heterocycles. The first-order valence-electron chi connectivity index (χ1n) is 7.66. The van der Waals surface area contributed by atoms with Gasteiger partial charge in [0.1, 0.15) is 16.8 Å². The van der Waals surface area contributed by atoms with Gasteiger partial charge in [-0.05, 0) is 33.1 Å².